The predicted octanol–water partition coefficient (Wildman–Crippen LogP) is 2.25. The molecule has 20 heavy (non-hydrogen) atoms. The number of hydrogen-bond acceptors (Lipinski definition) is 3. The van der Waals surface area contributed by atoms with Gasteiger partial charge in [0.2, 0.25) is 0 Å². The number of nitrogens with one attached hydrogen (secondary N) is 1. The molecule has 0 unspecified atom stereocenters. The van der Waals surface area contributed by atoms with E-state index in [4.69, 9.17) is 5.73 Å². The van der Waals surface area contributed by atoms with Gasteiger partial charge in [-0.3, -0.25) is 9.59 Å². The highest BCUT2D eigenvalue weighted by Crippen LogP contribution is 2.30. The van der Waals surface area contributed by atoms with E-state index in [9.17, 15) is 9.59 Å². The zero-order chi connectivity index (χ0) is 15.1. The molecule has 0 saturated heterocycles. The average Bonchev–Trinajstić information content (AvgIpc) is 2.42. The van der Waals surface area contributed by atoms with Gasteiger partial charge in [0.15, 0.2) is 5.78 Å². The lowest BCUT2D eigenvalue weighted by molar-refractivity contribution is -0.117. The van der Waals surface area contributed by atoms with Crippen molar-refractivity contribution in [3.8, 4) is 0 Å². The summed E-state index contributed by atoms with van der Waals surface area (Å²) in [6.07, 6.45) is 4.10. The van der Waals surface area contributed by atoms with Gasteiger partial charge in [-0.15, -0.1) is 0 Å². The van der Waals surface area contributed by atoms with Gasteiger partial charge < -0.3 is 11.1 Å². The molecule has 0 atom stereocenters. The minimum absolute atomic E-state index is 0.0922. The van der Waals surface area contributed by atoms with Crippen LogP contribution in [0.1, 0.15) is 52.9 Å². The molecule has 1 aliphatic carbocycles. The lowest BCUT2D eigenvalue weighted by Gasteiger charge is -2.21. The number of carbonyl (C=O) groups is 2. The molecular formula is C16H26N2O2. The molecule has 0 fully saturated rings. The summed E-state index contributed by atoms with van der Waals surface area (Å²) in [5.74, 6) is 0.0742. The van der Waals surface area contributed by atoms with Crippen molar-refractivity contribution in [1.29, 1.82) is 0 Å². The first kappa shape index (κ1) is 16.6. The van der Waals surface area contributed by atoms with Crippen molar-refractivity contribution in [3.63, 3.8) is 0 Å². The molecule has 0 aliphatic heterocycles. The van der Waals surface area contributed by atoms with Crippen LogP contribution in [0.25, 0.3) is 0 Å². The van der Waals surface area contributed by atoms with Crippen molar-refractivity contribution < 1.29 is 9.59 Å². The van der Waals surface area contributed by atoms with Crippen LogP contribution >= 0.6 is 0 Å². The van der Waals surface area contributed by atoms with Gasteiger partial charge in [0, 0.05) is 25.1 Å². The van der Waals surface area contributed by atoms with Gasteiger partial charge in [-0.2, -0.15) is 0 Å². The second-order valence-electron chi connectivity index (χ2n) is 5.33. The Morgan fingerprint density at radius 2 is 2.05 bits per heavy atom. The molecule has 0 heterocycles. The molecule has 0 spiro atoms. The number of Topliss-reactive ketones (excluding diaryl/α,β-unsaturated/α-hetero) is 1. The molecule has 0 aromatic carbocycles. The molecule has 0 aromatic heterocycles. The molecule has 0 aromatic rings. The highest BCUT2D eigenvalue weighted by molar-refractivity contribution is 6.04. The van der Waals surface area contributed by atoms with Crippen molar-refractivity contribution in [2.75, 3.05) is 13.1 Å². The van der Waals surface area contributed by atoms with Crippen LogP contribution in [0.15, 0.2) is 22.3 Å². The van der Waals surface area contributed by atoms with Gasteiger partial charge in [-0.25, -0.2) is 0 Å². The van der Waals surface area contributed by atoms with Crippen molar-refractivity contribution >= 4 is 11.7 Å². The number of nitrogens with two attached hydrogens (primary N) is 1. The van der Waals surface area contributed by atoms with Gasteiger partial charge in [0.25, 0.3) is 5.91 Å². The van der Waals surface area contributed by atoms with Crippen molar-refractivity contribution in [2.24, 2.45) is 5.73 Å². The first-order valence-electron chi connectivity index (χ1n) is 7.44. The predicted molar refractivity (Wildman–Crippen MR) is 81.2 cm³/mol. The molecule has 0 radical (unpaired) electrons. The highest BCUT2D eigenvalue weighted by atomic mass is 16.1. The molecule has 1 aliphatic rings. The summed E-state index contributed by atoms with van der Waals surface area (Å²) in [4.78, 5) is 24.3. The molecule has 0 saturated carbocycles. The van der Waals surface area contributed by atoms with E-state index >= 15 is 0 Å². The van der Waals surface area contributed by atoms with Crippen molar-refractivity contribution in [3.05, 3.63) is 22.3 Å². The first-order chi connectivity index (χ1) is 9.52. The maximum Gasteiger partial charge on any atom is 0.251 e. The second kappa shape index (κ2) is 8.00. The third-order valence-electron chi connectivity index (χ3n) is 3.71. The lowest BCUT2D eigenvalue weighted by atomic mass is 9.84. The number of carbonyl (C=O) groups excluding carboxylic acids is 2. The van der Waals surface area contributed by atoms with Crippen molar-refractivity contribution in [2.45, 2.75) is 52.9 Å². The summed E-state index contributed by atoms with van der Waals surface area (Å²) < 4.78 is 0. The Hall–Kier alpha value is -1.42. The van der Waals surface area contributed by atoms with Gasteiger partial charge in [-0.1, -0.05) is 18.9 Å². The van der Waals surface area contributed by atoms with Crippen LogP contribution in [0.5, 0.6) is 0 Å². The molecular weight excluding hydrogens is 252 g/mol. The summed E-state index contributed by atoms with van der Waals surface area (Å²) in [6, 6.07) is 0. The average molecular weight is 278 g/mol. The van der Waals surface area contributed by atoms with Gasteiger partial charge in [0.1, 0.15) is 0 Å². The summed E-state index contributed by atoms with van der Waals surface area (Å²) in [5.41, 5.74) is 8.90. The van der Waals surface area contributed by atoms with Crippen LogP contribution in [0.4, 0.5) is 0 Å². The number of allylic oxidation sites excluding steroid dienone is 2. The Balaban J connectivity index is 3.17. The molecule has 1 rings (SSSR count). The van der Waals surface area contributed by atoms with E-state index in [0.717, 1.165) is 42.4 Å². The van der Waals surface area contributed by atoms with Crippen LogP contribution in [0.2, 0.25) is 0 Å². The minimum Gasteiger partial charge on any atom is -0.351 e. The fraction of sp³-hybridized carbons (Fsp3) is 0.625. The molecule has 1 amide bonds. The summed E-state index contributed by atoms with van der Waals surface area (Å²) in [5, 5.41) is 2.84. The van der Waals surface area contributed by atoms with E-state index in [0.29, 0.717) is 25.1 Å². The Morgan fingerprint density at radius 3 is 2.65 bits per heavy atom. The molecule has 3 N–H and O–H groups in total. The zero-order valence-electron chi connectivity index (χ0n) is 12.8. The smallest absolute Gasteiger partial charge is 0.251 e. The SMILES string of the molecule is CCC/C(C)=C(/C(=O)NCCN)C1=C(C)C(=O)CCC1. The second-order valence-corrected chi connectivity index (χ2v) is 5.33. The quantitative estimate of drug-likeness (QED) is 0.732. The summed E-state index contributed by atoms with van der Waals surface area (Å²) in [6.45, 7) is 6.80. The Bertz CT molecular complexity index is 447. The van der Waals surface area contributed by atoms with E-state index in [-0.39, 0.29) is 11.7 Å². The number of rotatable bonds is 6. The monoisotopic (exact) mass is 278 g/mol. The third-order valence-corrected chi connectivity index (χ3v) is 3.71. The topological polar surface area (TPSA) is 72.2 Å². The molecule has 112 valence electrons. The minimum atomic E-state index is -0.0922. The van der Waals surface area contributed by atoms with Crippen LogP contribution < -0.4 is 11.1 Å². The Morgan fingerprint density at radius 1 is 1.35 bits per heavy atom. The van der Waals surface area contributed by atoms with Gasteiger partial charge in [-0.05, 0) is 44.3 Å². The van der Waals surface area contributed by atoms with E-state index in [1.165, 1.54) is 0 Å². The maximum absolute atomic E-state index is 12.4. The highest BCUT2D eigenvalue weighted by Gasteiger charge is 2.24. The third kappa shape index (κ3) is 4.04. The van der Waals surface area contributed by atoms with Crippen LogP contribution in [-0.2, 0) is 9.59 Å². The molecule has 4 nitrogen and oxygen atoms in total. The van der Waals surface area contributed by atoms with Crippen molar-refractivity contribution in [1.82, 2.24) is 5.32 Å². The summed E-state index contributed by atoms with van der Waals surface area (Å²) in [7, 11) is 0. The first-order valence-corrected chi connectivity index (χ1v) is 7.44. The number of hydrogen-bond donors (Lipinski definition) is 2. The fourth-order valence-corrected chi connectivity index (χ4v) is 2.64. The van der Waals surface area contributed by atoms with Crippen LogP contribution in [0.3, 0.4) is 0 Å². The van der Waals surface area contributed by atoms with Gasteiger partial charge >= 0.3 is 0 Å². The molecule has 4 heteroatoms. The van der Waals surface area contributed by atoms with Crippen LogP contribution in [0, 0.1) is 0 Å². The van der Waals surface area contributed by atoms with Gasteiger partial charge in [0.05, 0.1) is 0 Å². The number of amides is 1. The molecule has 0 bridgehead atoms. The van der Waals surface area contributed by atoms with E-state index in [1.54, 1.807) is 0 Å². The standard InChI is InChI=1S/C16H26N2O2/c1-4-6-11(2)15(16(20)18-10-9-17)13-7-5-8-14(19)12(13)3/h4-10,17H2,1-3H3,(H,18,20)/b15-11+. The fourth-order valence-electron chi connectivity index (χ4n) is 2.64. The van der Waals surface area contributed by atoms with Crippen LogP contribution in [-0.4, -0.2) is 24.8 Å². The van der Waals surface area contributed by atoms with E-state index < -0.39 is 0 Å². The normalized spacial score (nSPS) is 17.1. The lowest BCUT2D eigenvalue weighted by Crippen LogP contribution is -2.32. The largest absolute Gasteiger partial charge is 0.351 e. The van der Waals surface area contributed by atoms with E-state index in [2.05, 4.69) is 12.2 Å². The Labute approximate surface area is 121 Å². The zero-order valence-corrected chi connectivity index (χ0v) is 12.8. The van der Waals surface area contributed by atoms with E-state index in [1.807, 2.05) is 13.8 Å². The summed E-state index contributed by atoms with van der Waals surface area (Å²) >= 11 is 0. The number of ketones is 1. The Kier molecular flexibility index (Phi) is 6.65. The maximum atomic E-state index is 12.4.